The summed E-state index contributed by atoms with van der Waals surface area (Å²) in [4.78, 5) is 24.6. The number of carbonyl (C=O) groups is 1. The number of aromatic amines is 1. The Balaban J connectivity index is 2.04. The lowest BCUT2D eigenvalue weighted by Crippen LogP contribution is -2.24. The Morgan fingerprint density at radius 3 is 3.06 bits per heavy atom. The molecule has 0 atom stereocenters. The highest BCUT2D eigenvalue weighted by molar-refractivity contribution is 5.75. The zero-order valence-electron chi connectivity index (χ0n) is 9.58. The Morgan fingerprint density at radius 1 is 1.47 bits per heavy atom. The average Bonchev–Trinajstić information content (AvgIpc) is 2.68. The normalized spacial score (nSPS) is 10.6. The quantitative estimate of drug-likeness (QED) is 0.834. The summed E-state index contributed by atoms with van der Waals surface area (Å²) in [5, 5.41) is 2.79. The van der Waals surface area contributed by atoms with Crippen LogP contribution in [0.5, 0.6) is 0 Å². The Hall–Kier alpha value is -2.04. The van der Waals surface area contributed by atoms with Crippen LogP contribution < -0.4 is 11.1 Å². The number of oxazole rings is 1. The molecule has 0 aliphatic rings. The van der Waals surface area contributed by atoms with E-state index in [0.29, 0.717) is 24.1 Å². The highest BCUT2D eigenvalue weighted by atomic mass is 16.4. The molecule has 0 bridgehead atoms. The number of rotatable bonds is 4. The Labute approximate surface area is 97.8 Å². The maximum absolute atomic E-state index is 11.0. The number of nitrogens with one attached hydrogen (secondary N) is 2. The molecule has 0 fully saturated rings. The van der Waals surface area contributed by atoms with Crippen molar-refractivity contribution < 1.29 is 9.21 Å². The summed E-state index contributed by atoms with van der Waals surface area (Å²) in [6, 6.07) is 5.52. The monoisotopic (exact) mass is 234 g/mol. The van der Waals surface area contributed by atoms with E-state index < -0.39 is 5.76 Å². The topological polar surface area (TPSA) is 75.1 Å². The molecule has 0 saturated carbocycles. The van der Waals surface area contributed by atoms with Crippen LogP contribution in [0, 0.1) is 0 Å². The number of benzene rings is 1. The minimum absolute atomic E-state index is 0.0410. The first kappa shape index (κ1) is 11.4. The molecule has 2 N–H and O–H groups in total. The summed E-state index contributed by atoms with van der Waals surface area (Å²) >= 11 is 0. The van der Waals surface area contributed by atoms with Crippen LogP contribution >= 0.6 is 0 Å². The van der Waals surface area contributed by atoms with Gasteiger partial charge in [0, 0.05) is 13.0 Å². The SMILES string of the molecule is CCC(=O)NCCc1ccc2[nH]c(=O)oc2c1. The van der Waals surface area contributed by atoms with E-state index >= 15 is 0 Å². The summed E-state index contributed by atoms with van der Waals surface area (Å²) in [6.07, 6.45) is 1.21. The summed E-state index contributed by atoms with van der Waals surface area (Å²) < 4.78 is 4.96. The molecule has 0 spiro atoms. The van der Waals surface area contributed by atoms with Gasteiger partial charge in [-0.05, 0) is 24.1 Å². The zero-order chi connectivity index (χ0) is 12.3. The van der Waals surface area contributed by atoms with Gasteiger partial charge in [-0.3, -0.25) is 9.78 Å². The first-order valence-corrected chi connectivity index (χ1v) is 5.57. The molecule has 5 nitrogen and oxygen atoms in total. The Bertz CT molecular complexity index is 583. The van der Waals surface area contributed by atoms with Crippen LogP contribution in [-0.2, 0) is 11.2 Å². The van der Waals surface area contributed by atoms with Gasteiger partial charge in [0.05, 0.1) is 5.52 Å². The van der Waals surface area contributed by atoms with Gasteiger partial charge >= 0.3 is 5.76 Å². The van der Waals surface area contributed by atoms with E-state index in [1.807, 2.05) is 19.1 Å². The fourth-order valence-corrected chi connectivity index (χ4v) is 1.62. The van der Waals surface area contributed by atoms with E-state index in [9.17, 15) is 9.59 Å². The van der Waals surface area contributed by atoms with Crippen LogP contribution in [0.4, 0.5) is 0 Å². The summed E-state index contributed by atoms with van der Waals surface area (Å²) in [6.45, 7) is 2.41. The predicted molar refractivity (Wildman–Crippen MR) is 63.8 cm³/mol. The van der Waals surface area contributed by atoms with Crippen LogP contribution in [0.15, 0.2) is 27.4 Å². The number of carbonyl (C=O) groups excluding carboxylic acids is 1. The van der Waals surface area contributed by atoms with Crippen molar-refractivity contribution in [3.05, 3.63) is 34.3 Å². The van der Waals surface area contributed by atoms with Gasteiger partial charge in [-0.15, -0.1) is 0 Å². The van der Waals surface area contributed by atoms with Crippen LogP contribution in [0.25, 0.3) is 11.1 Å². The van der Waals surface area contributed by atoms with Gasteiger partial charge in [-0.25, -0.2) is 4.79 Å². The van der Waals surface area contributed by atoms with Gasteiger partial charge in [-0.2, -0.15) is 0 Å². The zero-order valence-corrected chi connectivity index (χ0v) is 9.58. The van der Waals surface area contributed by atoms with Crippen LogP contribution in [0.3, 0.4) is 0 Å². The molecule has 2 aromatic rings. The minimum atomic E-state index is -0.448. The number of fused-ring (bicyclic) bond motifs is 1. The molecule has 0 aliphatic heterocycles. The van der Waals surface area contributed by atoms with E-state index in [0.717, 1.165) is 12.0 Å². The van der Waals surface area contributed by atoms with Crippen LogP contribution in [-0.4, -0.2) is 17.4 Å². The summed E-state index contributed by atoms with van der Waals surface area (Å²) in [5.41, 5.74) is 2.27. The third kappa shape index (κ3) is 2.75. The van der Waals surface area contributed by atoms with E-state index in [1.165, 1.54) is 0 Å². The average molecular weight is 234 g/mol. The van der Waals surface area contributed by atoms with Crippen LogP contribution in [0.2, 0.25) is 0 Å². The van der Waals surface area contributed by atoms with E-state index in [1.54, 1.807) is 6.07 Å². The fourth-order valence-electron chi connectivity index (χ4n) is 1.62. The lowest BCUT2D eigenvalue weighted by molar-refractivity contribution is -0.120. The molecule has 0 saturated heterocycles. The first-order chi connectivity index (χ1) is 8.19. The summed E-state index contributed by atoms with van der Waals surface area (Å²) in [7, 11) is 0. The fraction of sp³-hybridized carbons (Fsp3) is 0.333. The van der Waals surface area contributed by atoms with Gasteiger partial charge < -0.3 is 9.73 Å². The smallest absolute Gasteiger partial charge is 0.408 e. The highest BCUT2D eigenvalue weighted by Crippen LogP contribution is 2.12. The minimum Gasteiger partial charge on any atom is -0.408 e. The molecule has 2 rings (SSSR count). The molecule has 0 radical (unpaired) electrons. The van der Waals surface area contributed by atoms with Crippen molar-refractivity contribution in [3.8, 4) is 0 Å². The lowest BCUT2D eigenvalue weighted by atomic mass is 10.1. The molecule has 5 heteroatoms. The number of hydrogen-bond donors (Lipinski definition) is 2. The Morgan fingerprint density at radius 2 is 2.29 bits per heavy atom. The lowest BCUT2D eigenvalue weighted by Gasteiger charge is -2.03. The summed E-state index contributed by atoms with van der Waals surface area (Å²) in [5.74, 6) is -0.407. The molecule has 0 unspecified atom stereocenters. The second-order valence-corrected chi connectivity index (χ2v) is 3.80. The van der Waals surface area contributed by atoms with Crippen molar-refractivity contribution in [2.24, 2.45) is 0 Å². The number of amides is 1. The largest absolute Gasteiger partial charge is 0.417 e. The second-order valence-electron chi connectivity index (χ2n) is 3.80. The highest BCUT2D eigenvalue weighted by Gasteiger charge is 2.02. The third-order valence-electron chi connectivity index (χ3n) is 2.54. The molecule has 1 heterocycles. The van der Waals surface area contributed by atoms with Crippen LogP contribution in [0.1, 0.15) is 18.9 Å². The maximum Gasteiger partial charge on any atom is 0.417 e. The van der Waals surface area contributed by atoms with Gasteiger partial charge in [0.2, 0.25) is 5.91 Å². The molecular weight excluding hydrogens is 220 g/mol. The molecule has 1 aromatic carbocycles. The molecule has 1 amide bonds. The molecule has 1 aromatic heterocycles. The van der Waals surface area contributed by atoms with E-state index in [-0.39, 0.29) is 5.91 Å². The Kier molecular flexibility index (Phi) is 3.27. The van der Waals surface area contributed by atoms with Crippen molar-refractivity contribution in [1.82, 2.24) is 10.3 Å². The van der Waals surface area contributed by atoms with Crippen molar-refractivity contribution in [3.63, 3.8) is 0 Å². The van der Waals surface area contributed by atoms with E-state index in [2.05, 4.69) is 10.3 Å². The van der Waals surface area contributed by atoms with Crippen molar-refractivity contribution in [2.45, 2.75) is 19.8 Å². The third-order valence-corrected chi connectivity index (χ3v) is 2.54. The van der Waals surface area contributed by atoms with Gasteiger partial charge in [0.15, 0.2) is 5.58 Å². The van der Waals surface area contributed by atoms with Gasteiger partial charge in [0.1, 0.15) is 0 Å². The van der Waals surface area contributed by atoms with Crippen molar-refractivity contribution >= 4 is 17.0 Å². The molecule has 17 heavy (non-hydrogen) atoms. The number of aromatic nitrogens is 1. The van der Waals surface area contributed by atoms with Crippen molar-refractivity contribution in [2.75, 3.05) is 6.54 Å². The number of hydrogen-bond acceptors (Lipinski definition) is 3. The maximum atomic E-state index is 11.0. The van der Waals surface area contributed by atoms with E-state index in [4.69, 9.17) is 4.42 Å². The van der Waals surface area contributed by atoms with Gasteiger partial charge in [0.25, 0.3) is 0 Å². The van der Waals surface area contributed by atoms with Crippen molar-refractivity contribution in [1.29, 1.82) is 0 Å². The molecular formula is C12H14N2O3. The number of H-pyrrole nitrogens is 1. The molecule has 0 aliphatic carbocycles. The predicted octanol–water partition coefficient (Wildman–Crippen LogP) is 1.19. The first-order valence-electron chi connectivity index (χ1n) is 5.57. The van der Waals surface area contributed by atoms with Gasteiger partial charge in [-0.1, -0.05) is 13.0 Å². The second kappa shape index (κ2) is 4.86. The molecule has 90 valence electrons. The standard InChI is InChI=1S/C12H14N2O3/c1-2-11(15)13-6-5-8-3-4-9-10(7-8)17-12(16)14-9/h3-4,7H,2,5-6H2,1H3,(H,13,15)(H,14,16).